The van der Waals surface area contributed by atoms with Crippen LogP contribution in [0, 0.1) is 0 Å². The number of methoxy groups -OCH3 is 1. The summed E-state index contributed by atoms with van der Waals surface area (Å²) in [6.45, 7) is -5.06. The van der Waals surface area contributed by atoms with Crippen LogP contribution in [0.3, 0.4) is 0 Å². The minimum absolute atomic E-state index is 0.228. The first-order valence-corrected chi connectivity index (χ1v) is 18.8. The monoisotopic (exact) mass is 710 g/mol. The quantitative estimate of drug-likeness (QED) is 0.0985. The standard InChI is InChI=1S/C21H32N10O10P2S2/c1-36-15-12(32)8(39-21(15)31-7-29-11-17(23)25-5-27-19(11)31)3-38-43(35,45)41-14-9(2-37-42(34)44)40-20(13(14)33)30-6-28-10-16(22)24-4-26-18(10)30/h4-15,18-21,32-33,42H,2-3H2,1H3,(H,34,44)(H,35,45)(H2,22,24,26)(H2,23,25,27). The third kappa shape index (κ3) is 6.48. The lowest BCUT2D eigenvalue weighted by Crippen LogP contribution is -2.51. The Morgan fingerprint density at radius 3 is 2.09 bits per heavy atom. The first-order chi connectivity index (χ1) is 21.5. The summed E-state index contributed by atoms with van der Waals surface area (Å²) < 4.78 is 59.0. The average molecular weight is 711 g/mol. The Hall–Kier alpha value is -1.94. The van der Waals surface area contributed by atoms with Crippen molar-refractivity contribution in [2.24, 2.45) is 41.4 Å². The molecule has 0 aliphatic carbocycles. The van der Waals surface area contributed by atoms with Crippen molar-refractivity contribution in [2.75, 3.05) is 20.3 Å². The lowest BCUT2D eigenvalue weighted by molar-refractivity contribution is -0.0848. The summed E-state index contributed by atoms with van der Waals surface area (Å²) in [5, 5.41) is 22.3. The van der Waals surface area contributed by atoms with Gasteiger partial charge in [0, 0.05) is 7.11 Å². The Morgan fingerprint density at radius 2 is 1.51 bits per heavy atom. The Morgan fingerprint density at radius 1 is 0.933 bits per heavy atom. The number of thiol groups is 2. The van der Waals surface area contributed by atoms with E-state index in [2.05, 4.69) is 54.5 Å². The summed E-state index contributed by atoms with van der Waals surface area (Å²) in [4.78, 5) is 28.3. The van der Waals surface area contributed by atoms with Crippen molar-refractivity contribution in [3.05, 3.63) is 0 Å². The maximum absolute atomic E-state index is 13.5. The first-order valence-electron chi connectivity index (χ1n) is 13.5. The van der Waals surface area contributed by atoms with Crippen molar-refractivity contribution in [3.63, 3.8) is 0 Å². The Bertz CT molecular complexity index is 1410. The number of nitrogens with zero attached hydrogens (tertiary/aromatic N) is 8. The second-order valence-electron chi connectivity index (χ2n) is 10.5. The second kappa shape index (κ2) is 13.3. The highest BCUT2D eigenvalue weighted by Gasteiger charge is 2.54. The van der Waals surface area contributed by atoms with Crippen LogP contribution in [0.1, 0.15) is 0 Å². The Kier molecular flexibility index (Phi) is 9.74. The molecule has 14 unspecified atom stereocenters. The zero-order chi connectivity index (χ0) is 32.0. The minimum atomic E-state index is -4.28. The van der Waals surface area contributed by atoms with Crippen molar-refractivity contribution < 1.29 is 47.1 Å². The fourth-order valence-corrected chi connectivity index (χ4v) is 7.72. The maximum atomic E-state index is 13.5. The molecule has 14 atom stereocenters. The van der Waals surface area contributed by atoms with Crippen LogP contribution in [0.25, 0.3) is 0 Å². The van der Waals surface area contributed by atoms with Crippen LogP contribution in [-0.2, 0) is 36.9 Å². The van der Waals surface area contributed by atoms with Gasteiger partial charge in [0.05, 0.1) is 25.9 Å². The molecule has 20 nitrogen and oxygen atoms in total. The third-order valence-electron chi connectivity index (χ3n) is 7.87. The highest BCUT2D eigenvalue weighted by atomic mass is 32.7. The van der Waals surface area contributed by atoms with Gasteiger partial charge in [-0.25, -0.2) is 24.5 Å². The van der Waals surface area contributed by atoms with Crippen LogP contribution < -0.4 is 11.5 Å². The van der Waals surface area contributed by atoms with Gasteiger partial charge in [0.25, 0.3) is 0 Å². The lowest BCUT2D eigenvalue weighted by atomic mass is 10.1. The lowest BCUT2D eigenvalue weighted by Gasteiger charge is -2.32. The predicted octanol–water partition coefficient (Wildman–Crippen LogP) is -2.18. The van der Waals surface area contributed by atoms with Crippen LogP contribution in [0.5, 0.6) is 0 Å². The van der Waals surface area contributed by atoms with Crippen LogP contribution in [-0.4, -0.2) is 151 Å². The van der Waals surface area contributed by atoms with Crippen LogP contribution in [0.4, 0.5) is 0 Å². The normalized spacial score (nSPS) is 42.1. The molecule has 2 saturated heterocycles. The maximum Gasteiger partial charge on any atom is 0.386 e. The highest BCUT2D eigenvalue weighted by Crippen LogP contribution is 2.56. The van der Waals surface area contributed by atoms with Gasteiger partial charge in [-0.1, -0.05) is 24.5 Å². The van der Waals surface area contributed by atoms with Crippen molar-refractivity contribution in [3.8, 4) is 0 Å². The zero-order valence-corrected chi connectivity index (χ0v) is 27.1. The molecule has 6 aliphatic heterocycles. The average Bonchev–Trinajstić information content (AvgIpc) is 3.76. The van der Waals surface area contributed by atoms with E-state index in [1.807, 2.05) is 0 Å². The number of aliphatic hydroxyl groups is 2. The van der Waals surface area contributed by atoms with E-state index in [0.29, 0.717) is 0 Å². The van der Waals surface area contributed by atoms with E-state index in [4.69, 9.17) is 39.2 Å². The molecular formula is C21H32N10O10P2S2. The van der Waals surface area contributed by atoms with Gasteiger partial charge < -0.3 is 50.2 Å². The SMILES string of the molecule is COC1C(O)C(COP(=O)(S)OC2C(CO[PH](=O)S)OC(N3C=NC4C(N)=NC=NC43)C2O)OC1N1C=NC2C(N)=NC=NC21. The molecule has 0 aromatic carbocycles. The van der Waals surface area contributed by atoms with E-state index in [1.165, 1.54) is 37.4 Å². The third-order valence-corrected chi connectivity index (χ3v) is 10.3. The number of aliphatic imine (C=N–C) groups is 6. The summed E-state index contributed by atoms with van der Waals surface area (Å²) in [5.41, 5.74) is 11.9. The van der Waals surface area contributed by atoms with Gasteiger partial charge in [-0.3, -0.25) is 23.6 Å². The zero-order valence-electron chi connectivity index (χ0n) is 23.4. The van der Waals surface area contributed by atoms with E-state index < -0.39 is 94.1 Å². The molecule has 45 heavy (non-hydrogen) atoms. The molecule has 2 fully saturated rings. The molecule has 0 aromatic rings. The topological polar surface area (TPSA) is 263 Å². The van der Waals surface area contributed by atoms with E-state index >= 15 is 0 Å². The molecule has 248 valence electrons. The largest absolute Gasteiger partial charge is 0.387 e. The van der Waals surface area contributed by atoms with Gasteiger partial charge in [0.1, 0.15) is 73.1 Å². The number of hydrogen-bond acceptors (Lipinski definition) is 20. The van der Waals surface area contributed by atoms with Crippen LogP contribution in [0.15, 0.2) is 30.0 Å². The molecule has 6 aliphatic rings. The van der Waals surface area contributed by atoms with E-state index in [0.717, 1.165) is 0 Å². The number of hydrogen-bond donors (Lipinski definition) is 6. The van der Waals surface area contributed by atoms with Gasteiger partial charge in [0.15, 0.2) is 24.8 Å². The molecular weight excluding hydrogens is 678 g/mol. The summed E-state index contributed by atoms with van der Waals surface area (Å²) in [7, 11) is -1.30. The number of nitrogens with two attached hydrogens (primary N) is 2. The predicted molar refractivity (Wildman–Crippen MR) is 168 cm³/mol. The molecule has 0 spiro atoms. The van der Waals surface area contributed by atoms with E-state index in [-0.39, 0.29) is 18.3 Å². The van der Waals surface area contributed by atoms with Crippen molar-refractivity contribution >= 4 is 75.6 Å². The number of rotatable bonds is 11. The van der Waals surface area contributed by atoms with Gasteiger partial charge in [-0.15, -0.1) is 0 Å². The molecule has 0 saturated carbocycles. The van der Waals surface area contributed by atoms with Gasteiger partial charge in [-0.2, -0.15) is 0 Å². The molecule has 0 bridgehead atoms. The summed E-state index contributed by atoms with van der Waals surface area (Å²) in [6.07, 6.45) is -4.74. The fourth-order valence-electron chi connectivity index (χ4n) is 5.70. The molecule has 24 heteroatoms. The first kappa shape index (κ1) is 33.0. The molecule has 0 amide bonds. The summed E-state index contributed by atoms with van der Waals surface area (Å²) in [6, 6.07) is -1.12. The highest BCUT2D eigenvalue weighted by molar-refractivity contribution is 8.44. The van der Waals surface area contributed by atoms with Crippen molar-refractivity contribution in [2.45, 2.75) is 73.5 Å². The van der Waals surface area contributed by atoms with Crippen molar-refractivity contribution in [1.82, 2.24) is 9.80 Å². The van der Waals surface area contributed by atoms with Gasteiger partial charge in [-0.05, 0) is 0 Å². The summed E-state index contributed by atoms with van der Waals surface area (Å²) in [5.74, 6) is 0.507. The number of ether oxygens (including phenoxy) is 3. The number of amidine groups is 2. The van der Waals surface area contributed by atoms with Gasteiger partial charge in [0.2, 0.25) is 7.23 Å². The molecule has 6 N–H and O–H groups in total. The van der Waals surface area contributed by atoms with Gasteiger partial charge >= 0.3 is 6.80 Å². The van der Waals surface area contributed by atoms with E-state index in [9.17, 15) is 19.3 Å². The van der Waals surface area contributed by atoms with Crippen LogP contribution in [0.2, 0.25) is 0 Å². The minimum Gasteiger partial charge on any atom is -0.387 e. The number of aliphatic hydroxyl groups excluding tert-OH is 2. The Labute approximate surface area is 267 Å². The molecule has 6 rings (SSSR count). The smallest absolute Gasteiger partial charge is 0.386 e. The number of fused-ring (bicyclic) bond motifs is 2. The van der Waals surface area contributed by atoms with E-state index in [1.54, 1.807) is 4.90 Å². The van der Waals surface area contributed by atoms with Crippen LogP contribution >= 0.6 is 38.5 Å². The fraction of sp³-hybridized carbons (Fsp3) is 0.714. The van der Waals surface area contributed by atoms with Crippen molar-refractivity contribution in [1.29, 1.82) is 0 Å². The molecule has 6 heterocycles. The molecule has 0 radical (unpaired) electrons. The summed E-state index contributed by atoms with van der Waals surface area (Å²) >= 11 is 7.88. The second-order valence-corrected chi connectivity index (χ2v) is 15.3. The molecule has 0 aromatic heterocycles. The Balaban J connectivity index is 1.11.